The molecule has 1 aliphatic rings. The Hall–Kier alpha value is -3.70. The van der Waals surface area contributed by atoms with Crippen molar-refractivity contribution in [3.05, 3.63) is 42.0 Å². The molecule has 0 spiro atoms. The van der Waals surface area contributed by atoms with Crippen LogP contribution in [0.3, 0.4) is 0 Å². The number of aromatic nitrogens is 4. The number of fused-ring (bicyclic) bond motifs is 1. The molecule has 2 amide bonds. The van der Waals surface area contributed by atoms with Crippen molar-refractivity contribution in [2.45, 2.75) is 13.1 Å². The van der Waals surface area contributed by atoms with Crippen LogP contribution in [0.4, 0.5) is 19.0 Å². The van der Waals surface area contributed by atoms with Crippen LogP contribution in [0.5, 0.6) is 0 Å². The maximum Gasteiger partial charge on any atom is 0.418 e. The predicted molar refractivity (Wildman–Crippen MR) is 104 cm³/mol. The Morgan fingerprint density at radius 1 is 1.06 bits per heavy atom. The number of carbonyl (C=O) groups is 2. The van der Waals surface area contributed by atoms with Gasteiger partial charge in [-0.05, 0) is 12.1 Å². The Bertz CT molecular complexity index is 1170. The fourth-order valence-corrected chi connectivity index (χ4v) is 3.49. The highest BCUT2D eigenvalue weighted by Gasteiger charge is 2.36. The van der Waals surface area contributed by atoms with Gasteiger partial charge in [-0.15, -0.1) is 0 Å². The zero-order valence-corrected chi connectivity index (χ0v) is 16.4. The molecule has 1 saturated heterocycles. The number of primary amides is 1. The summed E-state index contributed by atoms with van der Waals surface area (Å²) in [5.41, 5.74) is 4.18. The first-order valence-corrected chi connectivity index (χ1v) is 9.37. The number of amides is 2. The molecule has 0 radical (unpaired) electrons. The first-order chi connectivity index (χ1) is 14.6. The van der Waals surface area contributed by atoms with Gasteiger partial charge in [-0.3, -0.25) is 14.0 Å². The summed E-state index contributed by atoms with van der Waals surface area (Å²) < 4.78 is 42.6. The predicted octanol–water partition coefficient (Wildman–Crippen LogP) is 1.58. The van der Waals surface area contributed by atoms with E-state index in [0.717, 1.165) is 6.07 Å². The molecular formula is C19H18F3N7O2. The van der Waals surface area contributed by atoms with Gasteiger partial charge in [-0.2, -0.15) is 13.2 Å². The lowest BCUT2D eigenvalue weighted by molar-refractivity contribution is -0.137. The van der Waals surface area contributed by atoms with Gasteiger partial charge in [0.25, 0.3) is 5.91 Å². The number of piperazine rings is 1. The summed E-state index contributed by atoms with van der Waals surface area (Å²) in [7, 11) is 0. The number of carbonyl (C=O) groups excluding carboxylic acids is 2. The molecule has 3 aromatic rings. The minimum Gasteiger partial charge on any atom is -0.364 e. The van der Waals surface area contributed by atoms with Crippen molar-refractivity contribution in [3.63, 3.8) is 0 Å². The molecule has 2 N–H and O–H groups in total. The van der Waals surface area contributed by atoms with E-state index in [1.807, 2.05) is 4.90 Å². The SMILES string of the molecule is CC(=O)N1CCN(c2ccc(C(F)(F)F)c(-c3cnc4cnc(C(N)=O)cn34)n2)CC1. The molecular weight excluding hydrogens is 415 g/mol. The van der Waals surface area contributed by atoms with Crippen molar-refractivity contribution in [1.29, 1.82) is 0 Å². The van der Waals surface area contributed by atoms with E-state index in [1.54, 1.807) is 4.90 Å². The van der Waals surface area contributed by atoms with Crippen molar-refractivity contribution in [3.8, 4) is 11.4 Å². The van der Waals surface area contributed by atoms with E-state index in [-0.39, 0.29) is 28.6 Å². The molecule has 0 bridgehead atoms. The van der Waals surface area contributed by atoms with Gasteiger partial charge < -0.3 is 15.5 Å². The zero-order chi connectivity index (χ0) is 22.3. The third kappa shape index (κ3) is 3.88. The van der Waals surface area contributed by atoms with Gasteiger partial charge in [0.05, 0.1) is 23.7 Å². The second-order valence-electron chi connectivity index (χ2n) is 7.06. The molecule has 12 heteroatoms. The minimum atomic E-state index is -4.65. The van der Waals surface area contributed by atoms with Gasteiger partial charge in [0.1, 0.15) is 17.2 Å². The molecule has 4 heterocycles. The van der Waals surface area contributed by atoms with Crippen molar-refractivity contribution in [1.82, 2.24) is 24.3 Å². The molecule has 0 aliphatic carbocycles. The molecule has 31 heavy (non-hydrogen) atoms. The number of anilines is 1. The Kier molecular flexibility index (Phi) is 4.99. The van der Waals surface area contributed by atoms with E-state index in [1.165, 1.54) is 36.0 Å². The Morgan fingerprint density at radius 3 is 2.39 bits per heavy atom. The number of nitrogens with zero attached hydrogens (tertiary/aromatic N) is 6. The average molecular weight is 433 g/mol. The number of rotatable bonds is 3. The van der Waals surface area contributed by atoms with Gasteiger partial charge in [-0.25, -0.2) is 15.0 Å². The summed E-state index contributed by atoms with van der Waals surface area (Å²) >= 11 is 0. The van der Waals surface area contributed by atoms with Crippen LogP contribution in [-0.2, 0) is 11.0 Å². The average Bonchev–Trinajstić information content (AvgIpc) is 3.16. The fourth-order valence-electron chi connectivity index (χ4n) is 3.49. The summed E-state index contributed by atoms with van der Waals surface area (Å²) in [5, 5.41) is 0. The Balaban J connectivity index is 1.80. The van der Waals surface area contributed by atoms with E-state index >= 15 is 0 Å². The molecule has 0 unspecified atom stereocenters. The molecule has 1 fully saturated rings. The molecule has 0 saturated carbocycles. The molecule has 3 aromatic heterocycles. The topological polar surface area (TPSA) is 110 Å². The number of alkyl halides is 3. The van der Waals surface area contributed by atoms with Crippen LogP contribution < -0.4 is 10.6 Å². The molecule has 9 nitrogen and oxygen atoms in total. The highest BCUT2D eigenvalue weighted by molar-refractivity contribution is 5.90. The number of hydrogen-bond acceptors (Lipinski definition) is 6. The van der Waals surface area contributed by atoms with E-state index in [4.69, 9.17) is 5.73 Å². The number of halogens is 3. The van der Waals surface area contributed by atoms with Gasteiger partial charge >= 0.3 is 6.18 Å². The van der Waals surface area contributed by atoms with Crippen LogP contribution in [-0.4, -0.2) is 62.2 Å². The second kappa shape index (κ2) is 7.52. The van der Waals surface area contributed by atoms with E-state index in [2.05, 4.69) is 15.0 Å². The normalized spacial score (nSPS) is 14.8. The first-order valence-electron chi connectivity index (χ1n) is 9.37. The highest BCUT2D eigenvalue weighted by atomic mass is 19.4. The number of nitrogens with two attached hydrogens (primary N) is 1. The number of pyridine rings is 1. The van der Waals surface area contributed by atoms with E-state index in [9.17, 15) is 22.8 Å². The first kappa shape index (κ1) is 20.6. The van der Waals surface area contributed by atoms with Gasteiger partial charge in [-0.1, -0.05) is 0 Å². The van der Waals surface area contributed by atoms with Crippen LogP contribution in [0.25, 0.3) is 17.0 Å². The molecule has 0 aromatic carbocycles. The fraction of sp³-hybridized carbons (Fsp3) is 0.316. The van der Waals surface area contributed by atoms with E-state index < -0.39 is 17.6 Å². The largest absolute Gasteiger partial charge is 0.418 e. The summed E-state index contributed by atoms with van der Waals surface area (Å²) in [5.74, 6) is -0.515. The lowest BCUT2D eigenvalue weighted by Gasteiger charge is -2.35. The van der Waals surface area contributed by atoms with Crippen molar-refractivity contribution < 1.29 is 22.8 Å². The molecule has 4 rings (SSSR count). The second-order valence-corrected chi connectivity index (χ2v) is 7.06. The minimum absolute atomic E-state index is 0.0506. The van der Waals surface area contributed by atoms with Crippen molar-refractivity contribution >= 4 is 23.3 Å². The maximum absolute atomic E-state index is 13.7. The van der Waals surface area contributed by atoms with Gasteiger partial charge in [0.15, 0.2) is 5.65 Å². The summed E-state index contributed by atoms with van der Waals surface area (Å²) in [6, 6.07) is 2.29. The summed E-state index contributed by atoms with van der Waals surface area (Å²) in [4.78, 5) is 38.7. The van der Waals surface area contributed by atoms with Crippen LogP contribution in [0.1, 0.15) is 23.0 Å². The van der Waals surface area contributed by atoms with Crippen LogP contribution in [0.15, 0.2) is 30.7 Å². The van der Waals surface area contributed by atoms with Crippen LogP contribution in [0.2, 0.25) is 0 Å². The summed E-state index contributed by atoms with van der Waals surface area (Å²) in [6.07, 6.45) is -0.920. The number of hydrogen-bond donors (Lipinski definition) is 1. The smallest absolute Gasteiger partial charge is 0.364 e. The van der Waals surface area contributed by atoms with Gasteiger partial charge in [0, 0.05) is 39.3 Å². The standard InChI is InChI=1S/C19H18F3N7O2/c1-11(30)27-4-6-28(7-5-27)15-3-2-12(19(20,21)22)17(26-15)14-8-25-16-9-24-13(18(23)31)10-29(14)16/h2-3,8-10H,4-7H2,1H3,(H2,23,31). The number of imidazole rings is 1. The highest BCUT2D eigenvalue weighted by Crippen LogP contribution is 2.37. The molecule has 0 atom stereocenters. The quantitative estimate of drug-likeness (QED) is 0.672. The maximum atomic E-state index is 13.7. The zero-order valence-electron chi connectivity index (χ0n) is 16.4. The van der Waals surface area contributed by atoms with Crippen LogP contribution >= 0.6 is 0 Å². The monoisotopic (exact) mass is 433 g/mol. The van der Waals surface area contributed by atoms with Crippen LogP contribution in [0, 0.1) is 0 Å². The molecule has 1 aliphatic heterocycles. The molecule has 162 valence electrons. The van der Waals surface area contributed by atoms with Gasteiger partial charge in [0.2, 0.25) is 5.91 Å². The third-order valence-electron chi connectivity index (χ3n) is 5.13. The van der Waals surface area contributed by atoms with E-state index in [0.29, 0.717) is 32.0 Å². The lowest BCUT2D eigenvalue weighted by atomic mass is 10.1. The Labute approximate surface area is 174 Å². The van der Waals surface area contributed by atoms with Crippen molar-refractivity contribution in [2.75, 3.05) is 31.1 Å². The Morgan fingerprint density at radius 2 is 1.77 bits per heavy atom. The third-order valence-corrected chi connectivity index (χ3v) is 5.13. The summed E-state index contributed by atoms with van der Waals surface area (Å²) in [6.45, 7) is 3.28. The van der Waals surface area contributed by atoms with Crippen molar-refractivity contribution in [2.24, 2.45) is 5.73 Å². The lowest BCUT2D eigenvalue weighted by Crippen LogP contribution is -2.48.